The molecule has 1 aliphatic heterocycles. The fourth-order valence-electron chi connectivity index (χ4n) is 4.44. The quantitative estimate of drug-likeness (QED) is 0.238. The van der Waals surface area contributed by atoms with Crippen molar-refractivity contribution in [2.75, 3.05) is 53.9 Å². The van der Waals surface area contributed by atoms with Crippen LogP contribution in [0.4, 0.5) is 0 Å². The monoisotopic (exact) mass is 509 g/mol. The first kappa shape index (κ1) is 25.4. The topological polar surface area (TPSA) is 69.2 Å². The molecular weight excluding hydrogens is 469 g/mol. The van der Waals surface area contributed by atoms with E-state index in [1.807, 2.05) is 14.1 Å². The Morgan fingerprint density at radius 2 is 1.79 bits per heavy atom. The van der Waals surface area contributed by atoms with Crippen LogP contribution < -0.4 is 10.6 Å². The number of rotatable bonds is 7. The molecular formula is C20H40IN5O2. The van der Waals surface area contributed by atoms with Gasteiger partial charge in [-0.1, -0.05) is 12.8 Å². The lowest BCUT2D eigenvalue weighted by atomic mass is 9.84. The van der Waals surface area contributed by atoms with Crippen molar-refractivity contribution in [1.82, 2.24) is 20.4 Å². The van der Waals surface area contributed by atoms with Gasteiger partial charge in [0.2, 0.25) is 5.91 Å². The molecule has 8 heteroatoms. The van der Waals surface area contributed by atoms with E-state index in [0.717, 1.165) is 64.2 Å². The number of nitrogens with one attached hydrogen (secondary N) is 2. The van der Waals surface area contributed by atoms with Crippen molar-refractivity contribution in [1.29, 1.82) is 0 Å². The summed E-state index contributed by atoms with van der Waals surface area (Å²) in [5.74, 6) is 1.02. The second-order valence-electron chi connectivity index (χ2n) is 8.41. The molecule has 2 atom stereocenters. The Hall–Kier alpha value is -0.610. The zero-order valence-electron chi connectivity index (χ0n) is 18.3. The normalized spacial score (nSPS) is 25.1. The number of halogens is 1. The molecule has 1 amide bonds. The van der Waals surface area contributed by atoms with Gasteiger partial charge in [-0.25, -0.2) is 0 Å². The molecule has 1 saturated carbocycles. The van der Waals surface area contributed by atoms with E-state index in [9.17, 15) is 4.79 Å². The summed E-state index contributed by atoms with van der Waals surface area (Å²) < 4.78 is 5.79. The number of hydrogen-bond donors (Lipinski definition) is 2. The molecule has 28 heavy (non-hydrogen) atoms. The largest absolute Gasteiger partial charge is 0.373 e. The van der Waals surface area contributed by atoms with Gasteiger partial charge in [-0.05, 0) is 33.1 Å². The van der Waals surface area contributed by atoms with Gasteiger partial charge in [0.25, 0.3) is 0 Å². The number of carbonyl (C=O) groups is 1. The first-order chi connectivity index (χ1) is 12.9. The number of aliphatic imine (C=N–C) groups is 1. The van der Waals surface area contributed by atoms with E-state index < -0.39 is 0 Å². The number of nitrogens with zero attached hydrogens (tertiary/aromatic N) is 3. The third kappa shape index (κ3) is 7.33. The zero-order valence-corrected chi connectivity index (χ0v) is 20.6. The second-order valence-corrected chi connectivity index (χ2v) is 8.41. The van der Waals surface area contributed by atoms with Crippen LogP contribution in [-0.4, -0.2) is 87.7 Å². The van der Waals surface area contributed by atoms with Crippen LogP contribution in [0.25, 0.3) is 0 Å². The minimum absolute atomic E-state index is 0. The van der Waals surface area contributed by atoms with Crippen LogP contribution in [0, 0.1) is 5.41 Å². The Kier molecular flexibility index (Phi) is 11.1. The van der Waals surface area contributed by atoms with E-state index in [4.69, 9.17) is 4.74 Å². The first-order valence-corrected chi connectivity index (χ1v) is 10.4. The molecule has 0 radical (unpaired) electrons. The molecule has 0 bridgehead atoms. The van der Waals surface area contributed by atoms with Crippen LogP contribution >= 0.6 is 24.0 Å². The third-order valence-electron chi connectivity index (χ3n) is 5.68. The standard InChI is InChI=1S/C20H39N5O2.HI/c1-16-13-25(14-17(2)27-16)12-8-11-22-19(21-3)23-15-20(9-6-7-10-20)18(26)24(4)5;/h16-17H,6-15H2,1-5H3,(H2,21,22,23);1H. The minimum atomic E-state index is -0.277. The van der Waals surface area contributed by atoms with Gasteiger partial charge in [0.15, 0.2) is 5.96 Å². The van der Waals surface area contributed by atoms with Crippen molar-refractivity contribution in [2.24, 2.45) is 10.4 Å². The molecule has 1 aliphatic carbocycles. The Morgan fingerprint density at radius 1 is 1.18 bits per heavy atom. The van der Waals surface area contributed by atoms with Crippen LogP contribution in [0.5, 0.6) is 0 Å². The Bertz CT molecular complexity index is 499. The molecule has 7 nitrogen and oxygen atoms in total. The van der Waals surface area contributed by atoms with Gasteiger partial charge in [-0.2, -0.15) is 0 Å². The van der Waals surface area contributed by atoms with Gasteiger partial charge >= 0.3 is 0 Å². The van der Waals surface area contributed by atoms with E-state index in [-0.39, 0.29) is 35.3 Å². The average Bonchev–Trinajstić information content (AvgIpc) is 3.09. The third-order valence-corrected chi connectivity index (χ3v) is 5.68. The maximum Gasteiger partial charge on any atom is 0.230 e. The maximum absolute atomic E-state index is 12.7. The van der Waals surface area contributed by atoms with Crippen molar-refractivity contribution in [2.45, 2.75) is 58.2 Å². The van der Waals surface area contributed by atoms with E-state index in [1.54, 1.807) is 11.9 Å². The number of ether oxygens (including phenoxy) is 1. The average molecular weight is 509 g/mol. The van der Waals surface area contributed by atoms with Crippen molar-refractivity contribution >= 4 is 35.8 Å². The van der Waals surface area contributed by atoms with Crippen LogP contribution in [0.2, 0.25) is 0 Å². The van der Waals surface area contributed by atoms with Gasteiger partial charge in [-0.3, -0.25) is 14.7 Å². The second kappa shape index (κ2) is 12.2. The number of guanidine groups is 1. The Balaban J connectivity index is 0.00000392. The van der Waals surface area contributed by atoms with Crippen molar-refractivity contribution < 1.29 is 9.53 Å². The molecule has 1 saturated heterocycles. The van der Waals surface area contributed by atoms with Crippen molar-refractivity contribution in [3.05, 3.63) is 0 Å². The van der Waals surface area contributed by atoms with Crippen LogP contribution in [-0.2, 0) is 9.53 Å². The van der Waals surface area contributed by atoms with E-state index in [0.29, 0.717) is 18.8 Å². The van der Waals surface area contributed by atoms with Crippen molar-refractivity contribution in [3.8, 4) is 0 Å². The highest BCUT2D eigenvalue weighted by atomic mass is 127. The van der Waals surface area contributed by atoms with Gasteiger partial charge in [0, 0.05) is 53.9 Å². The van der Waals surface area contributed by atoms with Crippen LogP contribution in [0.15, 0.2) is 4.99 Å². The molecule has 164 valence electrons. The smallest absolute Gasteiger partial charge is 0.230 e. The van der Waals surface area contributed by atoms with E-state index >= 15 is 0 Å². The number of amides is 1. The molecule has 0 aromatic carbocycles. The lowest BCUT2D eigenvalue weighted by Crippen LogP contribution is -2.49. The van der Waals surface area contributed by atoms with Gasteiger partial charge in [-0.15, -0.1) is 24.0 Å². The molecule has 0 aromatic rings. The summed E-state index contributed by atoms with van der Waals surface area (Å²) in [5.41, 5.74) is -0.277. The summed E-state index contributed by atoms with van der Waals surface area (Å²) in [7, 11) is 5.49. The summed E-state index contributed by atoms with van der Waals surface area (Å²) in [6.45, 7) is 8.88. The molecule has 2 fully saturated rings. The summed E-state index contributed by atoms with van der Waals surface area (Å²) in [6, 6.07) is 0. The van der Waals surface area contributed by atoms with E-state index in [1.165, 1.54) is 0 Å². The van der Waals surface area contributed by atoms with Crippen LogP contribution in [0.3, 0.4) is 0 Å². The molecule has 2 unspecified atom stereocenters. The molecule has 0 spiro atoms. The summed E-state index contributed by atoms with van der Waals surface area (Å²) in [6.07, 6.45) is 5.86. The highest BCUT2D eigenvalue weighted by Crippen LogP contribution is 2.38. The Morgan fingerprint density at radius 3 is 2.32 bits per heavy atom. The first-order valence-electron chi connectivity index (χ1n) is 10.4. The predicted octanol–water partition coefficient (Wildman–Crippen LogP) is 1.92. The number of morpholine rings is 1. The number of carbonyl (C=O) groups excluding carboxylic acids is 1. The summed E-state index contributed by atoms with van der Waals surface area (Å²) in [5, 5.41) is 6.80. The lowest BCUT2D eigenvalue weighted by molar-refractivity contribution is -0.138. The van der Waals surface area contributed by atoms with E-state index in [2.05, 4.69) is 34.4 Å². The van der Waals surface area contributed by atoms with Gasteiger partial charge in [0.05, 0.1) is 17.6 Å². The highest BCUT2D eigenvalue weighted by Gasteiger charge is 2.42. The fourth-order valence-corrected chi connectivity index (χ4v) is 4.44. The summed E-state index contributed by atoms with van der Waals surface area (Å²) in [4.78, 5) is 21.2. The van der Waals surface area contributed by atoms with Gasteiger partial charge < -0.3 is 20.3 Å². The molecule has 2 rings (SSSR count). The van der Waals surface area contributed by atoms with Crippen molar-refractivity contribution in [3.63, 3.8) is 0 Å². The molecule has 2 N–H and O–H groups in total. The van der Waals surface area contributed by atoms with Crippen LogP contribution in [0.1, 0.15) is 46.0 Å². The molecule has 0 aromatic heterocycles. The maximum atomic E-state index is 12.7. The minimum Gasteiger partial charge on any atom is -0.373 e. The Labute approximate surface area is 188 Å². The lowest BCUT2D eigenvalue weighted by Gasteiger charge is -2.35. The molecule has 1 heterocycles. The predicted molar refractivity (Wildman–Crippen MR) is 125 cm³/mol. The number of hydrogen-bond acceptors (Lipinski definition) is 4. The SMILES string of the molecule is CN=C(NCCCN1CC(C)OC(C)C1)NCC1(C(=O)N(C)C)CCCC1.I. The zero-order chi connectivity index (χ0) is 19.9. The fraction of sp³-hybridized carbons (Fsp3) is 0.900. The molecule has 2 aliphatic rings. The summed E-state index contributed by atoms with van der Waals surface area (Å²) >= 11 is 0. The van der Waals surface area contributed by atoms with Gasteiger partial charge in [0.1, 0.15) is 0 Å². The highest BCUT2D eigenvalue weighted by molar-refractivity contribution is 14.0.